The molecule has 0 aliphatic rings. The van der Waals surface area contributed by atoms with Crippen molar-refractivity contribution in [2.24, 2.45) is 0 Å². The Hall–Kier alpha value is -4.05. The highest BCUT2D eigenvalue weighted by Gasteiger charge is 2.23. The van der Waals surface area contributed by atoms with Gasteiger partial charge in [0.25, 0.3) is 5.91 Å². The molecule has 0 atom stereocenters. The minimum absolute atomic E-state index is 0.268. The number of benzene rings is 3. The molecule has 0 spiro atoms. The van der Waals surface area contributed by atoms with Crippen molar-refractivity contribution in [1.29, 1.82) is 0 Å². The molecule has 0 radical (unpaired) electrons. The Kier molecular flexibility index (Phi) is 9.13. The maximum atomic E-state index is 12.9. The number of aryl methyl sites for hydroxylation is 1. The number of anilines is 2. The van der Waals surface area contributed by atoms with Gasteiger partial charge in [-0.15, -0.1) is 0 Å². The van der Waals surface area contributed by atoms with Crippen molar-refractivity contribution in [2.45, 2.75) is 13.3 Å². The third-order valence-electron chi connectivity index (χ3n) is 5.66. The van der Waals surface area contributed by atoms with Gasteiger partial charge < -0.3 is 20.1 Å². The van der Waals surface area contributed by atoms with E-state index in [0.717, 1.165) is 21.7 Å². The molecule has 0 heterocycles. The molecule has 37 heavy (non-hydrogen) atoms. The number of sulfonamides is 1. The summed E-state index contributed by atoms with van der Waals surface area (Å²) >= 11 is 0. The van der Waals surface area contributed by atoms with E-state index in [1.165, 1.54) is 0 Å². The second-order valence-electron chi connectivity index (χ2n) is 8.35. The molecule has 9 nitrogen and oxygen atoms in total. The van der Waals surface area contributed by atoms with E-state index < -0.39 is 22.5 Å². The topological polar surface area (TPSA) is 114 Å². The number of hydrogen-bond donors (Lipinski definition) is 2. The van der Waals surface area contributed by atoms with Crippen LogP contribution in [0.1, 0.15) is 21.5 Å². The van der Waals surface area contributed by atoms with Crippen molar-refractivity contribution in [1.82, 2.24) is 5.32 Å². The normalized spacial score (nSPS) is 10.9. The Morgan fingerprint density at radius 1 is 0.919 bits per heavy atom. The Bertz CT molecular complexity index is 1370. The summed E-state index contributed by atoms with van der Waals surface area (Å²) in [5.41, 5.74) is 2.65. The minimum Gasteiger partial charge on any atom is -0.493 e. The summed E-state index contributed by atoms with van der Waals surface area (Å²) in [6.45, 7) is 1.69. The molecule has 0 aliphatic heterocycles. The monoisotopic (exact) mass is 525 g/mol. The summed E-state index contributed by atoms with van der Waals surface area (Å²) in [5.74, 6) is 0.291. The quantitative estimate of drug-likeness (QED) is 0.397. The highest BCUT2D eigenvalue weighted by atomic mass is 32.2. The second-order valence-corrected chi connectivity index (χ2v) is 10.3. The van der Waals surface area contributed by atoms with E-state index in [9.17, 15) is 18.0 Å². The summed E-state index contributed by atoms with van der Waals surface area (Å²) in [6, 6.07) is 19.0. The Balaban J connectivity index is 1.67. The van der Waals surface area contributed by atoms with Gasteiger partial charge in [-0.1, -0.05) is 36.4 Å². The predicted molar refractivity (Wildman–Crippen MR) is 144 cm³/mol. The number of carbonyl (C=O) groups excluding carboxylic acids is 2. The lowest BCUT2D eigenvalue weighted by molar-refractivity contribution is -0.114. The molecule has 3 aromatic carbocycles. The largest absolute Gasteiger partial charge is 0.493 e. The van der Waals surface area contributed by atoms with Gasteiger partial charge in [-0.05, 0) is 54.8 Å². The highest BCUT2D eigenvalue weighted by molar-refractivity contribution is 7.92. The molecule has 0 bridgehead atoms. The van der Waals surface area contributed by atoms with Gasteiger partial charge in [-0.25, -0.2) is 8.42 Å². The molecule has 0 aliphatic carbocycles. The molecule has 2 amide bonds. The molecular weight excluding hydrogens is 494 g/mol. The van der Waals surface area contributed by atoms with E-state index in [-0.39, 0.29) is 17.2 Å². The molecule has 10 heteroatoms. The first kappa shape index (κ1) is 27.5. The fourth-order valence-corrected chi connectivity index (χ4v) is 4.70. The smallest absolute Gasteiger partial charge is 0.253 e. The fraction of sp³-hybridized carbons (Fsp3) is 0.259. The van der Waals surface area contributed by atoms with E-state index in [2.05, 4.69) is 10.6 Å². The first-order valence-corrected chi connectivity index (χ1v) is 13.4. The molecule has 0 aromatic heterocycles. The summed E-state index contributed by atoms with van der Waals surface area (Å²) in [6.07, 6.45) is 1.60. The number of carbonyl (C=O) groups is 2. The Morgan fingerprint density at radius 3 is 2.27 bits per heavy atom. The number of para-hydroxylation sites is 2. The van der Waals surface area contributed by atoms with Gasteiger partial charge in [-0.3, -0.25) is 13.9 Å². The van der Waals surface area contributed by atoms with Gasteiger partial charge in [0, 0.05) is 6.54 Å². The zero-order valence-electron chi connectivity index (χ0n) is 21.3. The van der Waals surface area contributed by atoms with Gasteiger partial charge in [0.1, 0.15) is 6.54 Å². The molecule has 3 rings (SSSR count). The number of nitrogens with zero attached hydrogens (tertiary/aromatic N) is 1. The standard InChI is InChI=1S/C27H31N3O6S/c1-19-9-5-8-12-23(19)30(37(4,33)34)18-26(31)29-22-11-7-6-10-21(22)27(32)28-16-15-20-13-14-24(35-2)25(17-20)36-3/h5-14,17H,15-16,18H2,1-4H3,(H,28,32)(H,29,31). The van der Waals surface area contributed by atoms with Crippen molar-refractivity contribution in [3.8, 4) is 11.5 Å². The Morgan fingerprint density at radius 2 is 1.59 bits per heavy atom. The van der Waals surface area contributed by atoms with Crippen LogP contribution in [-0.4, -0.2) is 53.8 Å². The molecule has 196 valence electrons. The van der Waals surface area contributed by atoms with Crippen LogP contribution in [0.4, 0.5) is 11.4 Å². The van der Waals surface area contributed by atoms with Crippen LogP contribution in [0.5, 0.6) is 11.5 Å². The summed E-state index contributed by atoms with van der Waals surface area (Å²) in [4.78, 5) is 25.8. The summed E-state index contributed by atoms with van der Waals surface area (Å²) in [7, 11) is -0.601. The van der Waals surface area contributed by atoms with Crippen LogP contribution >= 0.6 is 0 Å². The summed E-state index contributed by atoms with van der Waals surface area (Å²) < 4.78 is 36.5. The van der Waals surface area contributed by atoms with Crippen molar-refractivity contribution in [3.63, 3.8) is 0 Å². The van der Waals surface area contributed by atoms with E-state index in [1.54, 1.807) is 75.7 Å². The van der Waals surface area contributed by atoms with Crippen LogP contribution in [0, 0.1) is 6.92 Å². The lowest BCUT2D eigenvalue weighted by atomic mass is 10.1. The minimum atomic E-state index is -3.73. The maximum Gasteiger partial charge on any atom is 0.253 e. The third-order valence-corrected chi connectivity index (χ3v) is 6.79. The van der Waals surface area contributed by atoms with Crippen LogP contribution in [0.25, 0.3) is 0 Å². The number of methoxy groups -OCH3 is 2. The maximum absolute atomic E-state index is 12.9. The van der Waals surface area contributed by atoms with Gasteiger partial charge in [-0.2, -0.15) is 0 Å². The molecule has 3 aromatic rings. The molecule has 2 N–H and O–H groups in total. The van der Waals surface area contributed by atoms with Crippen LogP contribution in [0.3, 0.4) is 0 Å². The molecule has 0 unspecified atom stereocenters. The molecule has 0 saturated heterocycles. The zero-order valence-corrected chi connectivity index (χ0v) is 22.1. The van der Waals surface area contributed by atoms with Crippen LogP contribution in [0.15, 0.2) is 66.7 Å². The van der Waals surface area contributed by atoms with Crippen molar-refractivity contribution in [2.75, 3.05) is 43.2 Å². The predicted octanol–water partition coefficient (Wildman–Crippen LogP) is 3.39. The SMILES string of the molecule is COc1ccc(CCNC(=O)c2ccccc2NC(=O)CN(c2ccccc2C)S(C)(=O)=O)cc1OC. The van der Waals surface area contributed by atoms with Gasteiger partial charge in [0.15, 0.2) is 11.5 Å². The third kappa shape index (κ3) is 7.23. The van der Waals surface area contributed by atoms with Crippen LogP contribution in [-0.2, 0) is 21.2 Å². The average molecular weight is 526 g/mol. The van der Waals surface area contributed by atoms with E-state index in [0.29, 0.717) is 30.2 Å². The van der Waals surface area contributed by atoms with Gasteiger partial charge in [0.05, 0.1) is 37.4 Å². The Labute approximate surface area is 217 Å². The number of amides is 2. The first-order valence-electron chi connectivity index (χ1n) is 11.6. The lowest BCUT2D eigenvalue weighted by Crippen LogP contribution is -2.38. The number of rotatable bonds is 11. The first-order chi connectivity index (χ1) is 17.6. The highest BCUT2D eigenvalue weighted by Crippen LogP contribution is 2.27. The van der Waals surface area contributed by atoms with Crippen molar-refractivity contribution >= 4 is 33.2 Å². The van der Waals surface area contributed by atoms with Crippen molar-refractivity contribution < 1.29 is 27.5 Å². The van der Waals surface area contributed by atoms with Gasteiger partial charge in [0.2, 0.25) is 15.9 Å². The average Bonchev–Trinajstić information content (AvgIpc) is 2.87. The van der Waals surface area contributed by atoms with E-state index in [1.807, 2.05) is 12.1 Å². The lowest BCUT2D eigenvalue weighted by Gasteiger charge is -2.23. The molecule has 0 saturated carbocycles. The number of ether oxygens (including phenoxy) is 2. The number of hydrogen-bond acceptors (Lipinski definition) is 6. The van der Waals surface area contributed by atoms with E-state index in [4.69, 9.17) is 9.47 Å². The van der Waals surface area contributed by atoms with Crippen molar-refractivity contribution in [3.05, 3.63) is 83.4 Å². The second kappa shape index (κ2) is 12.3. The number of nitrogens with one attached hydrogen (secondary N) is 2. The van der Waals surface area contributed by atoms with Crippen LogP contribution in [0.2, 0.25) is 0 Å². The molecular formula is C27H31N3O6S. The fourth-order valence-electron chi connectivity index (χ4n) is 3.79. The van der Waals surface area contributed by atoms with Crippen LogP contribution < -0.4 is 24.4 Å². The molecule has 0 fully saturated rings. The van der Waals surface area contributed by atoms with Gasteiger partial charge >= 0.3 is 0 Å². The summed E-state index contributed by atoms with van der Waals surface area (Å²) in [5, 5.41) is 5.54. The zero-order chi connectivity index (χ0) is 27.0. The van der Waals surface area contributed by atoms with E-state index >= 15 is 0 Å².